The molecule has 1 aliphatic rings. The van der Waals surface area contributed by atoms with Gasteiger partial charge in [0.1, 0.15) is 5.75 Å². The normalized spacial score (nSPS) is 13.9. The number of aromatic nitrogens is 2. The Morgan fingerprint density at radius 3 is 2.59 bits per heavy atom. The Balaban J connectivity index is 1.26. The van der Waals surface area contributed by atoms with Crippen molar-refractivity contribution in [2.45, 2.75) is 26.6 Å². The minimum Gasteiger partial charge on any atom is -0.494 e. The minimum atomic E-state index is -0.0427. The molecular weight excluding hydrogens is 428 g/mol. The summed E-state index contributed by atoms with van der Waals surface area (Å²) in [5.74, 6) is 0.814. The number of carbonyl (C=O) groups is 1. The first-order valence-corrected chi connectivity index (χ1v) is 11.6. The third-order valence-electron chi connectivity index (χ3n) is 5.96. The number of para-hydroxylation sites is 1. The first kappa shape index (κ1) is 23.3. The van der Waals surface area contributed by atoms with Crippen molar-refractivity contribution in [3.8, 4) is 5.75 Å². The van der Waals surface area contributed by atoms with Crippen molar-refractivity contribution in [2.75, 3.05) is 32.8 Å². The van der Waals surface area contributed by atoms with Crippen LogP contribution < -0.4 is 10.1 Å². The molecule has 0 spiro atoms. The standard InChI is InChI=1S/C26H30N6O2/c1-3-34-25-7-5-4-6-22(25)16-29-26(33)31-14-12-30(13-15-31)19-24-17-28-20-32(24)18-21-8-10-23(27-2)11-9-21/h4-11,17,20H,3,12-16,18-19H2,1H3,(H,29,33). The van der Waals surface area contributed by atoms with Gasteiger partial charge in [-0.1, -0.05) is 42.5 Å². The molecule has 1 aromatic heterocycles. The van der Waals surface area contributed by atoms with Gasteiger partial charge in [0.2, 0.25) is 0 Å². The average molecular weight is 459 g/mol. The first-order chi connectivity index (χ1) is 16.7. The largest absolute Gasteiger partial charge is 0.494 e. The van der Waals surface area contributed by atoms with Crippen molar-refractivity contribution >= 4 is 11.7 Å². The van der Waals surface area contributed by atoms with Crippen LogP contribution in [0.1, 0.15) is 23.7 Å². The Hall–Kier alpha value is -3.83. The second-order valence-electron chi connectivity index (χ2n) is 8.25. The Bertz CT molecular complexity index is 1130. The fourth-order valence-electron chi connectivity index (χ4n) is 4.06. The lowest BCUT2D eigenvalue weighted by molar-refractivity contribution is 0.133. The van der Waals surface area contributed by atoms with Gasteiger partial charge in [-0.2, -0.15) is 0 Å². The van der Waals surface area contributed by atoms with Crippen LogP contribution in [0.3, 0.4) is 0 Å². The van der Waals surface area contributed by atoms with Crippen LogP contribution in [-0.2, 0) is 19.6 Å². The molecule has 176 valence electrons. The summed E-state index contributed by atoms with van der Waals surface area (Å²) in [6, 6.07) is 15.4. The molecule has 1 aliphatic heterocycles. The zero-order chi connectivity index (χ0) is 23.8. The molecular formula is C26H30N6O2. The highest BCUT2D eigenvalue weighted by molar-refractivity contribution is 5.74. The van der Waals surface area contributed by atoms with Crippen molar-refractivity contribution in [3.05, 3.63) is 89.3 Å². The number of imidazole rings is 1. The number of piperazine rings is 1. The molecule has 34 heavy (non-hydrogen) atoms. The maximum Gasteiger partial charge on any atom is 0.317 e. The highest BCUT2D eigenvalue weighted by Crippen LogP contribution is 2.18. The summed E-state index contributed by atoms with van der Waals surface area (Å²) in [5, 5.41) is 3.03. The van der Waals surface area contributed by atoms with Crippen molar-refractivity contribution in [1.82, 2.24) is 24.7 Å². The fourth-order valence-corrected chi connectivity index (χ4v) is 4.06. The van der Waals surface area contributed by atoms with E-state index in [0.29, 0.717) is 31.9 Å². The summed E-state index contributed by atoms with van der Waals surface area (Å²) in [6.45, 7) is 14.6. The molecule has 1 fully saturated rings. The second-order valence-corrected chi connectivity index (χ2v) is 8.25. The van der Waals surface area contributed by atoms with Gasteiger partial charge in [0.15, 0.2) is 5.69 Å². The minimum absolute atomic E-state index is 0.0427. The quantitative estimate of drug-likeness (QED) is 0.520. The number of ether oxygens (including phenoxy) is 1. The molecule has 0 saturated carbocycles. The lowest BCUT2D eigenvalue weighted by atomic mass is 10.2. The van der Waals surface area contributed by atoms with Crippen molar-refractivity contribution in [3.63, 3.8) is 0 Å². The molecule has 0 radical (unpaired) electrons. The van der Waals surface area contributed by atoms with E-state index in [9.17, 15) is 4.79 Å². The molecule has 0 bridgehead atoms. The van der Waals surface area contributed by atoms with Crippen molar-refractivity contribution in [1.29, 1.82) is 0 Å². The Kier molecular flexibility index (Phi) is 7.79. The third kappa shape index (κ3) is 5.94. The van der Waals surface area contributed by atoms with Crippen LogP contribution in [0.5, 0.6) is 5.75 Å². The molecule has 8 heteroatoms. The van der Waals surface area contributed by atoms with Gasteiger partial charge in [-0.05, 0) is 18.6 Å². The van der Waals surface area contributed by atoms with Gasteiger partial charge in [0, 0.05) is 57.6 Å². The van der Waals surface area contributed by atoms with Crippen LogP contribution in [0.25, 0.3) is 4.85 Å². The highest BCUT2D eigenvalue weighted by atomic mass is 16.5. The number of hydrogen-bond acceptors (Lipinski definition) is 4. The van der Waals surface area contributed by atoms with Crippen LogP contribution in [0.4, 0.5) is 10.5 Å². The van der Waals surface area contributed by atoms with Gasteiger partial charge in [0.25, 0.3) is 0 Å². The summed E-state index contributed by atoms with van der Waals surface area (Å²) in [5.41, 5.74) is 3.90. The number of carbonyl (C=O) groups excluding carboxylic acids is 1. The van der Waals surface area contributed by atoms with E-state index >= 15 is 0 Å². The van der Waals surface area contributed by atoms with E-state index in [4.69, 9.17) is 11.3 Å². The van der Waals surface area contributed by atoms with Crippen LogP contribution in [0.15, 0.2) is 61.1 Å². The monoisotopic (exact) mass is 458 g/mol. The number of amides is 2. The molecule has 2 aromatic carbocycles. The van der Waals surface area contributed by atoms with Crippen LogP contribution in [0.2, 0.25) is 0 Å². The lowest BCUT2D eigenvalue weighted by Crippen LogP contribution is -2.51. The number of rotatable bonds is 8. The number of nitrogens with one attached hydrogen (secondary N) is 1. The van der Waals surface area contributed by atoms with E-state index in [-0.39, 0.29) is 6.03 Å². The molecule has 8 nitrogen and oxygen atoms in total. The number of benzene rings is 2. The molecule has 2 heterocycles. The topological polar surface area (TPSA) is 67.0 Å². The second kappa shape index (κ2) is 11.3. The molecule has 0 unspecified atom stereocenters. The fraction of sp³-hybridized carbons (Fsp3) is 0.346. The number of urea groups is 1. The van der Waals surface area contributed by atoms with E-state index in [1.165, 1.54) is 0 Å². The van der Waals surface area contributed by atoms with E-state index in [1.807, 2.05) is 72.9 Å². The average Bonchev–Trinajstić information content (AvgIpc) is 3.30. The van der Waals surface area contributed by atoms with E-state index in [0.717, 1.165) is 48.7 Å². The van der Waals surface area contributed by atoms with E-state index in [1.54, 1.807) is 0 Å². The van der Waals surface area contributed by atoms with Crippen LogP contribution in [-0.4, -0.2) is 58.2 Å². The molecule has 3 aromatic rings. The molecule has 1 N–H and O–H groups in total. The Morgan fingerprint density at radius 2 is 1.85 bits per heavy atom. The van der Waals surface area contributed by atoms with Crippen molar-refractivity contribution < 1.29 is 9.53 Å². The smallest absolute Gasteiger partial charge is 0.317 e. The van der Waals surface area contributed by atoms with E-state index in [2.05, 4.69) is 24.6 Å². The molecule has 2 amide bonds. The molecule has 1 saturated heterocycles. The Labute approximate surface area is 200 Å². The highest BCUT2D eigenvalue weighted by Gasteiger charge is 2.22. The summed E-state index contributed by atoms with van der Waals surface area (Å²) in [4.78, 5) is 24.7. The number of hydrogen-bond donors (Lipinski definition) is 1. The summed E-state index contributed by atoms with van der Waals surface area (Å²) in [7, 11) is 0. The number of nitrogens with zero attached hydrogens (tertiary/aromatic N) is 5. The van der Waals surface area contributed by atoms with Gasteiger partial charge < -0.3 is 19.5 Å². The summed E-state index contributed by atoms with van der Waals surface area (Å²) < 4.78 is 7.79. The predicted molar refractivity (Wildman–Crippen MR) is 131 cm³/mol. The first-order valence-electron chi connectivity index (χ1n) is 11.6. The van der Waals surface area contributed by atoms with E-state index < -0.39 is 0 Å². The van der Waals surface area contributed by atoms with Gasteiger partial charge in [0.05, 0.1) is 25.2 Å². The van der Waals surface area contributed by atoms with Gasteiger partial charge >= 0.3 is 6.03 Å². The molecule has 4 rings (SSSR count). The molecule has 0 aliphatic carbocycles. The Morgan fingerprint density at radius 1 is 1.09 bits per heavy atom. The predicted octanol–water partition coefficient (Wildman–Crippen LogP) is 3.91. The summed E-state index contributed by atoms with van der Waals surface area (Å²) >= 11 is 0. The van der Waals surface area contributed by atoms with Gasteiger partial charge in [-0.3, -0.25) is 4.90 Å². The van der Waals surface area contributed by atoms with Crippen LogP contribution >= 0.6 is 0 Å². The SMILES string of the molecule is [C-]#[N+]c1ccc(Cn2cncc2CN2CCN(C(=O)NCc3ccccc3OCC)CC2)cc1. The zero-order valence-corrected chi connectivity index (χ0v) is 19.5. The van der Waals surface area contributed by atoms with Gasteiger partial charge in [-0.15, -0.1) is 0 Å². The van der Waals surface area contributed by atoms with Crippen LogP contribution in [0, 0.1) is 6.57 Å². The lowest BCUT2D eigenvalue weighted by Gasteiger charge is -2.34. The summed E-state index contributed by atoms with van der Waals surface area (Å²) in [6.07, 6.45) is 3.75. The molecule has 0 atom stereocenters. The maximum atomic E-state index is 12.7. The maximum absolute atomic E-state index is 12.7. The van der Waals surface area contributed by atoms with Crippen molar-refractivity contribution in [2.24, 2.45) is 0 Å². The third-order valence-corrected chi connectivity index (χ3v) is 5.96. The zero-order valence-electron chi connectivity index (χ0n) is 19.5. The van der Waals surface area contributed by atoms with Gasteiger partial charge in [-0.25, -0.2) is 14.6 Å².